The Hall–Kier alpha value is -3.09. The molecule has 0 radical (unpaired) electrons. The van der Waals surface area contributed by atoms with Crippen LogP contribution in [0.4, 0.5) is 5.69 Å². The maximum atomic E-state index is 12.0. The number of methoxy groups -OCH3 is 1. The zero-order valence-electron chi connectivity index (χ0n) is 19.1. The van der Waals surface area contributed by atoms with E-state index in [1.165, 1.54) is 18.1 Å². The van der Waals surface area contributed by atoms with E-state index in [1.807, 2.05) is 36.6 Å². The molecule has 2 heterocycles. The molecule has 0 atom stereocenters. The van der Waals surface area contributed by atoms with Crippen LogP contribution in [-0.2, 0) is 11.2 Å². The number of nitrogens with one attached hydrogen (secondary N) is 1. The van der Waals surface area contributed by atoms with Crippen molar-refractivity contribution in [2.24, 2.45) is 5.92 Å². The average molecular weight is 480 g/mol. The van der Waals surface area contributed by atoms with E-state index in [-0.39, 0.29) is 5.97 Å². The lowest BCUT2D eigenvalue weighted by Crippen LogP contribution is -2.07. The lowest BCUT2D eigenvalue weighted by atomic mass is 10.0. The first-order chi connectivity index (χ1) is 15.8. The van der Waals surface area contributed by atoms with Crippen LogP contribution in [0, 0.1) is 12.8 Å². The van der Waals surface area contributed by atoms with Gasteiger partial charge in [0.1, 0.15) is 0 Å². The highest BCUT2D eigenvalue weighted by Crippen LogP contribution is 2.31. The third-order valence-electron chi connectivity index (χ3n) is 5.51. The maximum Gasteiger partial charge on any atom is 0.338 e. The summed E-state index contributed by atoms with van der Waals surface area (Å²) in [6.07, 6.45) is 3.14. The standard InChI is InChI=1S/C26H26ClN3O2S/c1-15(2)11-18-13-30(24-12-19(27)9-10-21(18)24)26-29-23(14-33-26)17(4)28-22-8-6-7-20(16(22)3)25(31)32-5/h6-10,12-15,28H,4,11H2,1-3,5H3. The minimum absolute atomic E-state index is 0.368. The number of nitrogens with zero attached hydrogens (tertiary/aromatic N) is 2. The maximum absolute atomic E-state index is 12.0. The van der Waals surface area contributed by atoms with Crippen molar-refractivity contribution in [2.45, 2.75) is 27.2 Å². The van der Waals surface area contributed by atoms with Gasteiger partial charge in [-0.2, -0.15) is 0 Å². The van der Waals surface area contributed by atoms with Crippen molar-refractivity contribution in [1.82, 2.24) is 9.55 Å². The molecule has 0 aliphatic heterocycles. The van der Waals surface area contributed by atoms with Gasteiger partial charge < -0.3 is 10.1 Å². The van der Waals surface area contributed by atoms with Crippen LogP contribution in [0.5, 0.6) is 0 Å². The predicted molar refractivity (Wildman–Crippen MR) is 138 cm³/mol. The fourth-order valence-corrected chi connectivity index (χ4v) is 4.87. The van der Waals surface area contributed by atoms with Gasteiger partial charge in [0.05, 0.1) is 29.6 Å². The summed E-state index contributed by atoms with van der Waals surface area (Å²) in [5, 5.41) is 8.01. The Morgan fingerprint density at radius 2 is 2.09 bits per heavy atom. The van der Waals surface area contributed by atoms with E-state index in [2.05, 4.69) is 42.6 Å². The molecule has 0 amide bonds. The van der Waals surface area contributed by atoms with Gasteiger partial charge in [-0.3, -0.25) is 4.57 Å². The highest BCUT2D eigenvalue weighted by atomic mass is 35.5. The molecular weight excluding hydrogens is 454 g/mol. The fraction of sp³-hybridized carbons (Fsp3) is 0.231. The number of hydrogen-bond donors (Lipinski definition) is 1. The molecule has 2 aromatic heterocycles. The Balaban J connectivity index is 1.65. The monoisotopic (exact) mass is 479 g/mol. The summed E-state index contributed by atoms with van der Waals surface area (Å²) in [5.74, 6) is 0.174. The number of fused-ring (bicyclic) bond motifs is 1. The van der Waals surface area contributed by atoms with Crippen molar-refractivity contribution in [3.8, 4) is 5.13 Å². The first-order valence-corrected chi connectivity index (χ1v) is 11.9. The number of esters is 1. The molecule has 0 aliphatic carbocycles. The normalized spacial score (nSPS) is 11.2. The van der Waals surface area contributed by atoms with Crippen LogP contribution in [0.1, 0.15) is 41.0 Å². The van der Waals surface area contributed by atoms with Gasteiger partial charge in [-0.1, -0.05) is 44.2 Å². The van der Waals surface area contributed by atoms with E-state index in [9.17, 15) is 4.79 Å². The van der Waals surface area contributed by atoms with Crippen LogP contribution >= 0.6 is 22.9 Å². The summed E-state index contributed by atoms with van der Waals surface area (Å²) in [6.45, 7) is 10.5. The van der Waals surface area contributed by atoms with E-state index < -0.39 is 0 Å². The molecule has 1 N–H and O–H groups in total. The van der Waals surface area contributed by atoms with Gasteiger partial charge in [-0.25, -0.2) is 9.78 Å². The summed E-state index contributed by atoms with van der Waals surface area (Å²) in [4.78, 5) is 16.8. The highest BCUT2D eigenvalue weighted by Gasteiger charge is 2.16. The Labute approximate surface area is 202 Å². The van der Waals surface area contributed by atoms with Gasteiger partial charge in [-0.05, 0) is 54.7 Å². The average Bonchev–Trinajstić information content (AvgIpc) is 3.39. The molecule has 0 unspecified atom stereocenters. The SMILES string of the molecule is C=C(Nc1cccc(C(=O)OC)c1C)c1csc(-n2cc(CC(C)C)c3ccc(Cl)cc32)n1. The molecule has 0 bridgehead atoms. The molecule has 5 nitrogen and oxygen atoms in total. The van der Waals surface area contributed by atoms with Crippen LogP contribution in [0.2, 0.25) is 5.02 Å². The summed E-state index contributed by atoms with van der Waals surface area (Å²) in [5.41, 5.74) is 5.81. The minimum atomic E-state index is -0.368. The van der Waals surface area contributed by atoms with Gasteiger partial charge in [0.2, 0.25) is 0 Å². The van der Waals surface area contributed by atoms with Crippen LogP contribution in [0.3, 0.4) is 0 Å². The zero-order valence-corrected chi connectivity index (χ0v) is 20.7. The van der Waals surface area contributed by atoms with Gasteiger partial charge in [-0.15, -0.1) is 11.3 Å². The van der Waals surface area contributed by atoms with Gasteiger partial charge in [0.15, 0.2) is 5.13 Å². The molecule has 33 heavy (non-hydrogen) atoms. The lowest BCUT2D eigenvalue weighted by Gasteiger charge is -2.13. The predicted octanol–water partition coefficient (Wildman–Crippen LogP) is 7.12. The molecule has 4 rings (SSSR count). The molecular formula is C26H26ClN3O2S. The van der Waals surface area contributed by atoms with Crippen molar-refractivity contribution in [1.29, 1.82) is 0 Å². The van der Waals surface area contributed by atoms with E-state index in [1.54, 1.807) is 17.4 Å². The van der Waals surface area contributed by atoms with E-state index >= 15 is 0 Å². The zero-order chi connectivity index (χ0) is 23.7. The minimum Gasteiger partial charge on any atom is -0.465 e. The van der Waals surface area contributed by atoms with Crippen molar-refractivity contribution < 1.29 is 9.53 Å². The first-order valence-electron chi connectivity index (χ1n) is 10.7. The number of anilines is 1. The number of rotatable bonds is 7. The Morgan fingerprint density at radius 3 is 2.82 bits per heavy atom. The number of aromatic nitrogens is 2. The molecule has 0 saturated heterocycles. The second kappa shape index (κ2) is 9.41. The quantitative estimate of drug-likeness (QED) is 0.287. The number of hydrogen-bond acceptors (Lipinski definition) is 5. The summed E-state index contributed by atoms with van der Waals surface area (Å²) >= 11 is 7.86. The van der Waals surface area contributed by atoms with Crippen molar-refractivity contribution >= 4 is 51.2 Å². The second-order valence-electron chi connectivity index (χ2n) is 8.37. The molecule has 0 spiro atoms. The molecule has 2 aromatic carbocycles. The summed E-state index contributed by atoms with van der Waals surface area (Å²) < 4.78 is 6.97. The van der Waals surface area contributed by atoms with Crippen LogP contribution in [0.25, 0.3) is 21.7 Å². The van der Waals surface area contributed by atoms with E-state index in [0.29, 0.717) is 22.2 Å². The largest absolute Gasteiger partial charge is 0.465 e. The molecule has 0 fully saturated rings. The van der Waals surface area contributed by atoms with E-state index in [0.717, 1.165) is 34.0 Å². The third kappa shape index (κ3) is 4.68. The topological polar surface area (TPSA) is 56.1 Å². The fourth-order valence-electron chi connectivity index (χ4n) is 3.87. The Morgan fingerprint density at radius 1 is 1.30 bits per heavy atom. The number of thiazole rings is 1. The molecule has 170 valence electrons. The summed E-state index contributed by atoms with van der Waals surface area (Å²) in [7, 11) is 1.38. The Bertz CT molecular complexity index is 1350. The number of carbonyl (C=O) groups is 1. The lowest BCUT2D eigenvalue weighted by molar-refractivity contribution is 0.0600. The van der Waals surface area contributed by atoms with Gasteiger partial charge in [0, 0.05) is 27.7 Å². The van der Waals surface area contributed by atoms with Crippen LogP contribution in [-0.4, -0.2) is 22.6 Å². The molecule has 0 saturated carbocycles. The molecule has 7 heteroatoms. The number of ether oxygens (including phenoxy) is 1. The molecule has 0 aliphatic rings. The Kier molecular flexibility index (Phi) is 6.58. The number of halogens is 1. The first kappa shape index (κ1) is 23.1. The van der Waals surface area contributed by atoms with Crippen molar-refractivity contribution in [3.63, 3.8) is 0 Å². The molecule has 4 aromatic rings. The van der Waals surface area contributed by atoms with Gasteiger partial charge in [0.25, 0.3) is 0 Å². The number of benzene rings is 2. The van der Waals surface area contributed by atoms with E-state index in [4.69, 9.17) is 21.3 Å². The number of carbonyl (C=O) groups excluding carboxylic acids is 1. The van der Waals surface area contributed by atoms with Crippen LogP contribution in [0.15, 0.2) is 54.6 Å². The summed E-state index contributed by atoms with van der Waals surface area (Å²) in [6, 6.07) is 11.5. The van der Waals surface area contributed by atoms with Crippen molar-refractivity contribution in [2.75, 3.05) is 12.4 Å². The third-order valence-corrected chi connectivity index (χ3v) is 6.59. The van der Waals surface area contributed by atoms with Crippen molar-refractivity contribution in [3.05, 3.63) is 82.0 Å². The van der Waals surface area contributed by atoms with Crippen LogP contribution < -0.4 is 5.32 Å². The smallest absolute Gasteiger partial charge is 0.338 e. The van der Waals surface area contributed by atoms with Gasteiger partial charge >= 0.3 is 5.97 Å². The second-order valence-corrected chi connectivity index (χ2v) is 9.65. The highest BCUT2D eigenvalue weighted by molar-refractivity contribution is 7.12.